The summed E-state index contributed by atoms with van der Waals surface area (Å²) < 4.78 is 0. The van der Waals surface area contributed by atoms with E-state index in [1.165, 1.54) is 6.92 Å². The number of aliphatic hydroxyl groups is 1. The molecule has 0 aromatic heterocycles. The van der Waals surface area contributed by atoms with Crippen LogP contribution < -0.4 is 0 Å². The van der Waals surface area contributed by atoms with E-state index in [1.54, 1.807) is 24.3 Å². The maximum absolute atomic E-state index is 12.3. The number of fused-ring (bicyclic) bond motifs is 1. The van der Waals surface area contributed by atoms with Crippen LogP contribution in [0, 0.1) is 0 Å². The largest absolute Gasteiger partial charge is 0.506 e. The molecule has 0 saturated heterocycles. The minimum absolute atomic E-state index is 0.00986. The van der Waals surface area contributed by atoms with Crippen LogP contribution >= 0.6 is 11.6 Å². The third-order valence-electron chi connectivity index (χ3n) is 2.82. The number of allylic oxidation sites excluding steroid dienone is 1. The number of carbonyl (C=O) groups is 2. The van der Waals surface area contributed by atoms with Crippen LogP contribution in [0.15, 0.2) is 34.8 Å². The molecule has 0 heterocycles. The lowest BCUT2D eigenvalue weighted by molar-refractivity contribution is -0.113. The van der Waals surface area contributed by atoms with Gasteiger partial charge in [0.25, 0.3) is 0 Å². The summed E-state index contributed by atoms with van der Waals surface area (Å²) in [5.41, 5.74) is 0.666. The molecule has 0 amide bonds. The van der Waals surface area contributed by atoms with Crippen molar-refractivity contribution in [3.63, 3.8) is 0 Å². The van der Waals surface area contributed by atoms with Gasteiger partial charge in [-0.2, -0.15) is 0 Å². The molecular formula is C14H12ClNO3. The number of carbonyl (C=O) groups excluding carboxylic acids is 2. The molecule has 0 unspecified atom stereocenters. The minimum Gasteiger partial charge on any atom is -0.506 e. The van der Waals surface area contributed by atoms with Crippen LogP contribution in [0.2, 0.25) is 0 Å². The zero-order chi connectivity index (χ0) is 14.0. The van der Waals surface area contributed by atoms with Gasteiger partial charge in [-0.05, 0) is 6.92 Å². The Hall–Kier alpha value is -1.94. The summed E-state index contributed by atoms with van der Waals surface area (Å²) in [5.74, 6) is -0.710. The molecule has 1 aliphatic carbocycles. The van der Waals surface area contributed by atoms with Crippen LogP contribution in [-0.2, 0) is 4.79 Å². The first-order valence-electron chi connectivity index (χ1n) is 5.77. The number of rotatable bonds is 3. The Morgan fingerprint density at radius 1 is 1.32 bits per heavy atom. The molecular weight excluding hydrogens is 266 g/mol. The SMILES string of the molecule is CC(=O)C1=C(O)c2ccccc2C(=O)C1=NCCCl. The molecule has 0 saturated carbocycles. The standard InChI is InChI=1S/C14H12ClNO3/c1-8(17)11-12(16-7-6-15)14(19)10-5-3-2-4-9(10)13(11)18/h2-5,18H,6-7H2,1H3. The topological polar surface area (TPSA) is 66.7 Å². The fraction of sp³-hybridized carbons (Fsp3) is 0.214. The van der Waals surface area contributed by atoms with E-state index in [0.29, 0.717) is 11.1 Å². The number of aliphatic imine (C=N–C) groups is 1. The summed E-state index contributed by atoms with van der Waals surface area (Å²) in [4.78, 5) is 28.0. The van der Waals surface area contributed by atoms with Crippen LogP contribution in [0.5, 0.6) is 0 Å². The van der Waals surface area contributed by atoms with Crippen molar-refractivity contribution in [2.45, 2.75) is 6.92 Å². The Balaban J connectivity index is 2.70. The van der Waals surface area contributed by atoms with Crippen molar-refractivity contribution in [3.8, 4) is 0 Å². The van der Waals surface area contributed by atoms with Crippen LogP contribution in [0.1, 0.15) is 22.8 Å². The molecule has 0 aliphatic heterocycles. The average molecular weight is 278 g/mol. The zero-order valence-corrected chi connectivity index (χ0v) is 11.1. The Morgan fingerprint density at radius 3 is 2.53 bits per heavy atom. The van der Waals surface area contributed by atoms with Crippen LogP contribution in [0.4, 0.5) is 0 Å². The molecule has 0 spiro atoms. The molecule has 1 aromatic rings. The lowest BCUT2D eigenvalue weighted by Gasteiger charge is -2.18. The van der Waals surface area contributed by atoms with Crippen molar-refractivity contribution >= 4 is 34.6 Å². The number of halogens is 1. The zero-order valence-electron chi connectivity index (χ0n) is 10.3. The maximum Gasteiger partial charge on any atom is 0.212 e. The molecule has 0 fully saturated rings. The van der Waals surface area contributed by atoms with Gasteiger partial charge in [0.15, 0.2) is 5.78 Å². The molecule has 0 radical (unpaired) electrons. The van der Waals surface area contributed by atoms with Gasteiger partial charge in [-0.25, -0.2) is 0 Å². The highest BCUT2D eigenvalue weighted by atomic mass is 35.5. The predicted octanol–water partition coefficient (Wildman–Crippen LogP) is 2.42. The Morgan fingerprint density at radius 2 is 1.95 bits per heavy atom. The number of hydrogen-bond acceptors (Lipinski definition) is 4. The summed E-state index contributed by atoms with van der Waals surface area (Å²) in [5, 5.41) is 10.2. The van der Waals surface area contributed by atoms with Gasteiger partial charge in [0.2, 0.25) is 5.78 Å². The van der Waals surface area contributed by atoms with Crippen molar-refractivity contribution in [3.05, 3.63) is 41.0 Å². The minimum atomic E-state index is -0.395. The lowest BCUT2D eigenvalue weighted by Crippen LogP contribution is -2.28. The van der Waals surface area contributed by atoms with Crippen molar-refractivity contribution < 1.29 is 14.7 Å². The van der Waals surface area contributed by atoms with E-state index in [1.807, 2.05) is 0 Å². The summed E-state index contributed by atoms with van der Waals surface area (Å²) in [7, 11) is 0. The first-order valence-corrected chi connectivity index (χ1v) is 6.30. The first kappa shape index (κ1) is 13.5. The maximum atomic E-state index is 12.3. The second-order valence-corrected chi connectivity index (χ2v) is 4.45. The lowest BCUT2D eigenvalue weighted by atomic mass is 9.86. The number of aliphatic hydroxyl groups excluding tert-OH is 1. The molecule has 19 heavy (non-hydrogen) atoms. The fourth-order valence-electron chi connectivity index (χ4n) is 2.01. The normalized spacial score (nSPS) is 16.7. The van der Waals surface area contributed by atoms with Gasteiger partial charge >= 0.3 is 0 Å². The monoisotopic (exact) mass is 277 g/mol. The van der Waals surface area contributed by atoms with Gasteiger partial charge in [-0.15, -0.1) is 11.6 Å². The smallest absolute Gasteiger partial charge is 0.212 e. The van der Waals surface area contributed by atoms with Crippen molar-refractivity contribution in [2.75, 3.05) is 12.4 Å². The predicted molar refractivity (Wildman–Crippen MR) is 74.0 cm³/mol. The van der Waals surface area contributed by atoms with E-state index < -0.39 is 5.78 Å². The van der Waals surface area contributed by atoms with E-state index in [2.05, 4.69) is 4.99 Å². The third-order valence-corrected chi connectivity index (χ3v) is 2.99. The van der Waals surface area contributed by atoms with E-state index >= 15 is 0 Å². The Kier molecular flexibility index (Phi) is 3.81. The highest BCUT2D eigenvalue weighted by Crippen LogP contribution is 2.28. The third kappa shape index (κ3) is 2.31. The van der Waals surface area contributed by atoms with Crippen molar-refractivity contribution in [1.29, 1.82) is 0 Å². The van der Waals surface area contributed by atoms with Crippen molar-refractivity contribution in [1.82, 2.24) is 0 Å². The average Bonchev–Trinajstić information content (AvgIpc) is 2.40. The van der Waals surface area contributed by atoms with Crippen LogP contribution in [0.3, 0.4) is 0 Å². The van der Waals surface area contributed by atoms with Crippen LogP contribution in [0.25, 0.3) is 5.76 Å². The number of benzene rings is 1. The van der Waals surface area contributed by atoms with Crippen molar-refractivity contribution in [2.24, 2.45) is 4.99 Å². The molecule has 0 bridgehead atoms. The molecule has 5 heteroatoms. The number of alkyl halides is 1. The van der Waals surface area contributed by atoms with E-state index in [-0.39, 0.29) is 35.3 Å². The van der Waals surface area contributed by atoms with Gasteiger partial charge in [-0.1, -0.05) is 24.3 Å². The van der Waals surface area contributed by atoms with Crippen LogP contribution in [-0.4, -0.2) is 34.8 Å². The molecule has 1 aliphatic rings. The second-order valence-electron chi connectivity index (χ2n) is 4.07. The molecule has 1 aromatic carbocycles. The highest BCUT2D eigenvalue weighted by Gasteiger charge is 2.32. The van der Waals surface area contributed by atoms with E-state index in [4.69, 9.17) is 11.6 Å². The summed E-state index contributed by atoms with van der Waals surface area (Å²) in [6, 6.07) is 6.59. The fourth-order valence-corrected chi connectivity index (χ4v) is 2.10. The number of hydrogen-bond donors (Lipinski definition) is 1. The summed E-state index contributed by atoms with van der Waals surface area (Å²) >= 11 is 5.55. The quantitative estimate of drug-likeness (QED) is 0.863. The molecule has 4 nitrogen and oxygen atoms in total. The second kappa shape index (κ2) is 5.36. The first-order chi connectivity index (χ1) is 9.07. The Labute approximate surface area is 115 Å². The summed E-state index contributed by atoms with van der Waals surface area (Å²) in [6.45, 7) is 1.51. The Bertz CT molecular complexity index is 617. The molecule has 0 atom stereocenters. The van der Waals surface area contributed by atoms with Gasteiger partial charge in [0, 0.05) is 17.0 Å². The molecule has 98 valence electrons. The van der Waals surface area contributed by atoms with Gasteiger partial charge in [0.1, 0.15) is 11.5 Å². The van der Waals surface area contributed by atoms with Gasteiger partial charge in [0.05, 0.1) is 12.1 Å². The van der Waals surface area contributed by atoms with E-state index in [9.17, 15) is 14.7 Å². The molecule has 2 rings (SSSR count). The number of ketones is 2. The summed E-state index contributed by atoms with van der Waals surface area (Å²) in [6.07, 6.45) is 0. The van der Waals surface area contributed by atoms with E-state index in [0.717, 1.165) is 0 Å². The highest BCUT2D eigenvalue weighted by molar-refractivity contribution is 6.59. The number of nitrogens with zero attached hydrogens (tertiary/aromatic N) is 1. The van der Waals surface area contributed by atoms with Gasteiger partial charge < -0.3 is 5.11 Å². The number of Topliss-reactive ketones (excluding diaryl/α,β-unsaturated/α-hetero) is 2. The van der Waals surface area contributed by atoms with Gasteiger partial charge in [-0.3, -0.25) is 14.6 Å². The molecule has 1 N–H and O–H groups in total.